The number of likely N-dealkylation sites (N-methyl/N-ethyl adjacent to an activating group) is 1. The van der Waals surface area contributed by atoms with Gasteiger partial charge in [0.05, 0.1) is 54.3 Å². The zero-order valence-corrected chi connectivity index (χ0v) is 38.4. The number of unbranched alkanes of at least 4 members (excludes halogenated alkanes) is 1. The van der Waals surface area contributed by atoms with Crippen LogP contribution in [0.1, 0.15) is 86.8 Å². The molecule has 2 aromatic heterocycles. The van der Waals surface area contributed by atoms with Crippen LogP contribution in [-0.4, -0.2) is 161 Å². The molecule has 0 bridgehead atoms. The Kier molecular flexibility index (Phi) is 14.8. The molecule has 63 heavy (non-hydrogen) atoms. The predicted molar refractivity (Wildman–Crippen MR) is 227 cm³/mol. The summed E-state index contributed by atoms with van der Waals surface area (Å²) in [6.07, 6.45) is -3.91. The summed E-state index contributed by atoms with van der Waals surface area (Å²) in [5, 5.41) is 39.4. The van der Waals surface area contributed by atoms with Crippen LogP contribution < -0.4 is 0 Å². The molecule has 0 saturated carbocycles. The number of Topliss-reactive ketones (excluding diaryl/α,β-unsaturated/α-hetero) is 2. The van der Waals surface area contributed by atoms with Crippen molar-refractivity contribution in [2.45, 2.75) is 154 Å². The number of aryl methyl sites for hydroxylation is 1. The van der Waals surface area contributed by atoms with Crippen LogP contribution in [0.3, 0.4) is 0 Å². The molecule has 0 spiro atoms. The topological polar surface area (TPSA) is 223 Å². The molecule has 3 aliphatic heterocycles. The first-order valence-electron chi connectivity index (χ1n) is 22.1. The van der Waals surface area contributed by atoms with E-state index in [0.717, 1.165) is 11.0 Å². The minimum Gasteiger partial charge on any atom is -0.458 e. The number of hydrogen-bond acceptors (Lipinski definition) is 16. The normalized spacial score (nSPS) is 36.1. The van der Waals surface area contributed by atoms with Gasteiger partial charge in [-0.05, 0) is 79.6 Å². The molecule has 5 heterocycles. The molecule has 3 saturated heterocycles. The van der Waals surface area contributed by atoms with Gasteiger partial charge in [0, 0.05) is 38.0 Å². The first kappa shape index (κ1) is 48.1. The van der Waals surface area contributed by atoms with E-state index in [1.54, 1.807) is 81.7 Å². The van der Waals surface area contributed by atoms with Crippen molar-refractivity contribution in [2.24, 2.45) is 23.7 Å². The number of ketones is 2. The first-order valence-corrected chi connectivity index (χ1v) is 22.1. The molecule has 6 rings (SSSR count). The Bertz CT molecular complexity index is 2100. The van der Waals surface area contributed by atoms with Gasteiger partial charge in [-0.3, -0.25) is 19.1 Å². The highest BCUT2D eigenvalue weighted by molar-refractivity contribution is 6.00. The third-order valence-electron chi connectivity index (χ3n) is 13.6. The fourth-order valence-corrected chi connectivity index (χ4v) is 10.1. The van der Waals surface area contributed by atoms with E-state index in [9.17, 15) is 29.4 Å². The lowest BCUT2D eigenvalue weighted by Crippen LogP contribution is -2.64. The van der Waals surface area contributed by atoms with Crippen LogP contribution in [0, 0.1) is 23.7 Å². The number of fused-ring (bicyclic) bond motifs is 2. The van der Waals surface area contributed by atoms with Crippen molar-refractivity contribution >= 4 is 34.7 Å². The lowest BCUT2D eigenvalue weighted by Gasteiger charge is -2.48. The molecule has 3 aromatic rings. The Morgan fingerprint density at radius 1 is 0.921 bits per heavy atom. The van der Waals surface area contributed by atoms with E-state index >= 15 is 0 Å². The number of carbonyl (C=O) groups excluding carboxylic acids is 4. The second-order valence-corrected chi connectivity index (χ2v) is 18.4. The number of benzene rings is 1. The Balaban J connectivity index is 1.24. The van der Waals surface area contributed by atoms with Crippen molar-refractivity contribution in [3.63, 3.8) is 0 Å². The number of aliphatic hydroxyl groups is 2. The van der Waals surface area contributed by atoms with E-state index in [-0.39, 0.29) is 25.2 Å². The molecular weight excluding hydrogens is 817 g/mol. The van der Waals surface area contributed by atoms with Gasteiger partial charge < -0.3 is 43.7 Å². The molecule has 0 radical (unpaired) electrons. The summed E-state index contributed by atoms with van der Waals surface area (Å²) in [4.78, 5) is 60.3. The van der Waals surface area contributed by atoms with Gasteiger partial charge in [0.2, 0.25) is 0 Å². The zero-order chi connectivity index (χ0) is 46.1. The average Bonchev–Trinajstić information content (AvgIpc) is 3.95. The third-order valence-corrected chi connectivity index (χ3v) is 13.6. The van der Waals surface area contributed by atoms with Crippen LogP contribution in [0.25, 0.3) is 11.0 Å². The minimum absolute atomic E-state index is 0.0639. The standard InChI is InChI=1S/C44H66N8O11/c1-12-32-44(8)38(51(42(58)63-44)20-16-15-19-50-22-29(45-47-50)23-52-31-18-14-13-17-30(31)46-48-52)25(3)34(53)24(2)21-43(7,59-11)39(26(4)35(54)27(5)40(57)61-32)62-41-37(56)33(49(9)10)36(55)28(6)60-41/h13-14,17-18,22,24-28,32-33,36-39,41,55-56H,12,15-16,19-21,23H2,1-11H3/t24-,25+,26+,27+,28?,32-,33?,36?,37?,38-,39-,41?,43+,44-/m1/s1. The van der Waals surface area contributed by atoms with E-state index < -0.39 is 102 Å². The van der Waals surface area contributed by atoms with Crippen molar-refractivity contribution in [2.75, 3.05) is 27.7 Å². The Labute approximate surface area is 368 Å². The quantitative estimate of drug-likeness (QED) is 0.152. The van der Waals surface area contributed by atoms with Crippen molar-refractivity contribution in [3.8, 4) is 0 Å². The smallest absolute Gasteiger partial charge is 0.410 e. The summed E-state index contributed by atoms with van der Waals surface area (Å²) in [6, 6.07) is 6.06. The Hall–Kier alpha value is -4.40. The molecule has 19 heteroatoms. The van der Waals surface area contributed by atoms with Gasteiger partial charge in [-0.2, -0.15) is 0 Å². The maximum Gasteiger partial charge on any atom is 0.410 e. The lowest BCUT2D eigenvalue weighted by molar-refractivity contribution is -0.313. The van der Waals surface area contributed by atoms with E-state index in [2.05, 4.69) is 20.6 Å². The fraction of sp³-hybridized carbons (Fsp3) is 0.727. The number of para-hydroxylation sites is 1. The van der Waals surface area contributed by atoms with E-state index in [4.69, 9.17) is 23.7 Å². The molecule has 0 aliphatic carbocycles. The fourth-order valence-electron chi connectivity index (χ4n) is 10.1. The largest absolute Gasteiger partial charge is 0.458 e. The van der Waals surface area contributed by atoms with Gasteiger partial charge >= 0.3 is 12.1 Å². The summed E-state index contributed by atoms with van der Waals surface area (Å²) in [5.74, 6) is -5.36. The maximum absolute atomic E-state index is 14.8. The lowest BCUT2D eigenvalue weighted by atomic mass is 9.73. The predicted octanol–water partition coefficient (Wildman–Crippen LogP) is 3.03. The molecular formula is C44H66N8O11. The maximum atomic E-state index is 14.8. The second-order valence-electron chi connectivity index (χ2n) is 18.4. The summed E-state index contributed by atoms with van der Waals surface area (Å²) < 4.78 is 34.5. The van der Waals surface area contributed by atoms with Gasteiger partial charge in [-0.25, -0.2) is 9.48 Å². The van der Waals surface area contributed by atoms with E-state index in [1.165, 1.54) is 14.0 Å². The highest BCUT2D eigenvalue weighted by Gasteiger charge is 2.60. The molecule has 1 aromatic carbocycles. The molecule has 14 atom stereocenters. The summed E-state index contributed by atoms with van der Waals surface area (Å²) >= 11 is 0. The molecule has 348 valence electrons. The minimum atomic E-state index is -1.45. The number of hydrogen-bond donors (Lipinski definition) is 2. The molecule has 1 amide bonds. The van der Waals surface area contributed by atoms with Crippen LogP contribution in [0.15, 0.2) is 30.5 Å². The number of amides is 1. The number of carbonyl (C=O) groups is 4. The van der Waals surface area contributed by atoms with Crippen LogP contribution in [0.2, 0.25) is 0 Å². The molecule has 2 N–H and O–H groups in total. The zero-order valence-electron chi connectivity index (χ0n) is 38.4. The van der Waals surface area contributed by atoms with Gasteiger partial charge in [0.15, 0.2) is 17.7 Å². The van der Waals surface area contributed by atoms with Crippen molar-refractivity contribution in [1.82, 2.24) is 39.8 Å². The number of ether oxygens (including phenoxy) is 5. The summed E-state index contributed by atoms with van der Waals surface area (Å²) in [5.41, 5.74) is -0.408. The van der Waals surface area contributed by atoms with Gasteiger partial charge in [-0.15, -0.1) is 10.2 Å². The monoisotopic (exact) mass is 882 g/mol. The van der Waals surface area contributed by atoms with E-state index in [1.807, 2.05) is 30.5 Å². The van der Waals surface area contributed by atoms with Crippen LogP contribution in [-0.2, 0) is 51.2 Å². The van der Waals surface area contributed by atoms with Crippen molar-refractivity contribution < 1.29 is 53.1 Å². The molecule has 5 unspecified atom stereocenters. The summed E-state index contributed by atoms with van der Waals surface area (Å²) in [6.45, 7) is 14.6. The number of rotatable bonds is 12. The average molecular weight is 883 g/mol. The molecule has 3 aliphatic rings. The van der Waals surface area contributed by atoms with Crippen molar-refractivity contribution in [3.05, 3.63) is 36.2 Å². The summed E-state index contributed by atoms with van der Waals surface area (Å²) in [7, 11) is 4.89. The highest BCUT2D eigenvalue weighted by Crippen LogP contribution is 2.43. The molecule has 19 nitrogen and oxygen atoms in total. The highest BCUT2D eigenvalue weighted by atomic mass is 16.7. The first-order chi connectivity index (χ1) is 29.8. The van der Waals surface area contributed by atoms with E-state index in [0.29, 0.717) is 31.6 Å². The third kappa shape index (κ3) is 9.54. The van der Waals surface area contributed by atoms with Crippen LogP contribution >= 0.6 is 0 Å². The number of esters is 1. The van der Waals surface area contributed by atoms with Gasteiger partial charge in [0.1, 0.15) is 35.1 Å². The second kappa shape index (κ2) is 19.4. The Morgan fingerprint density at radius 2 is 1.62 bits per heavy atom. The van der Waals surface area contributed by atoms with Crippen LogP contribution in [0.5, 0.6) is 0 Å². The van der Waals surface area contributed by atoms with Gasteiger partial charge in [0.25, 0.3) is 0 Å². The van der Waals surface area contributed by atoms with Crippen LogP contribution in [0.4, 0.5) is 4.79 Å². The van der Waals surface area contributed by atoms with Crippen molar-refractivity contribution in [1.29, 1.82) is 0 Å². The SMILES string of the molecule is CC[C@H]1OC(=O)[C@@H](C)C(=O)[C@H](C)[C@@H](OC2OC(C)C(O)C(N(C)C)C2O)[C@@](C)(OC)C[C@@H](C)C(=O)[C@H](C)[C@H]2N(CCCCn3cc(Cn4nnc5ccccc54)nn3)C(=O)O[C@]12C. The Morgan fingerprint density at radius 3 is 2.30 bits per heavy atom. The number of aromatic nitrogens is 6. The number of nitrogens with zero attached hydrogens (tertiary/aromatic N) is 8. The number of aliphatic hydroxyl groups excluding tert-OH is 2. The number of methoxy groups -OCH3 is 1. The van der Waals surface area contributed by atoms with Gasteiger partial charge in [-0.1, -0.05) is 50.3 Å². The molecule has 3 fully saturated rings. The number of cyclic esters (lactones) is 1.